The molecule has 0 fully saturated rings. The van der Waals surface area contributed by atoms with E-state index < -0.39 is 0 Å². The molecule has 2 nitrogen and oxygen atoms in total. The van der Waals surface area contributed by atoms with E-state index in [2.05, 4.69) is 0 Å². The van der Waals surface area contributed by atoms with Gasteiger partial charge in [0.1, 0.15) is 19.3 Å². The first kappa shape index (κ1) is 13.3. The highest BCUT2D eigenvalue weighted by atomic mass is 16.3. The number of fused-ring (bicyclic) bond motifs is 1. The van der Waals surface area contributed by atoms with E-state index >= 15 is 0 Å². The quantitative estimate of drug-likeness (QED) is 0.555. The summed E-state index contributed by atoms with van der Waals surface area (Å²) in [4.78, 5) is 0. The van der Waals surface area contributed by atoms with Crippen molar-refractivity contribution in [3.63, 3.8) is 0 Å². The van der Waals surface area contributed by atoms with Gasteiger partial charge in [-0.2, -0.15) is 0 Å². The fourth-order valence-electron chi connectivity index (χ4n) is 2.30. The van der Waals surface area contributed by atoms with Gasteiger partial charge in [-0.3, -0.25) is 0 Å². The van der Waals surface area contributed by atoms with E-state index in [1.807, 2.05) is 48.6 Å². The van der Waals surface area contributed by atoms with Gasteiger partial charge in [0.25, 0.3) is 0 Å². The molecule has 0 aliphatic rings. The van der Waals surface area contributed by atoms with Crippen molar-refractivity contribution in [1.29, 1.82) is 0 Å². The van der Waals surface area contributed by atoms with Crippen molar-refractivity contribution >= 4 is 36.2 Å². The fraction of sp³-hybridized carbons (Fsp3) is 0. The van der Waals surface area contributed by atoms with Gasteiger partial charge in [0, 0.05) is 5.56 Å². The van der Waals surface area contributed by atoms with Crippen LogP contribution in [0.4, 0.5) is 0 Å². The molecule has 0 aromatic heterocycles. The molecule has 0 heterocycles. The highest BCUT2D eigenvalue weighted by molar-refractivity contribution is 6.33. The molecule has 2 radical (unpaired) electrons. The SMILES string of the molecule is [B]c1ccc2c(/C=C/c3ccc(O)cc3)c(O)ccc2c1. The summed E-state index contributed by atoms with van der Waals surface area (Å²) in [7, 11) is 5.79. The molecule has 3 aromatic rings. The predicted octanol–water partition coefficient (Wildman–Crippen LogP) is 3.22. The summed E-state index contributed by atoms with van der Waals surface area (Å²) in [6.45, 7) is 0. The molecule has 3 heteroatoms. The number of phenols is 2. The Morgan fingerprint density at radius 1 is 0.810 bits per heavy atom. The third-order valence-electron chi connectivity index (χ3n) is 3.40. The average Bonchev–Trinajstić information content (AvgIpc) is 2.48. The standard InChI is InChI=1S/C18H13BO2/c19-14-5-9-16-13(11-14)4-10-18(21)17(16)8-3-12-1-6-15(20)7-2-12/h1-11,20-21H/b8-3+. The van der Waals surface area contributed by atoms with E-state index in [0.717, 1.165) is 21.9 Å². The fourth-order valence-corrected chi connectivity index (χ4v) is 2.30. The van der Waals surface area contributed by atoms with Crippen molar-refractivity contribution in [3.8, 4) is 11.5 Å². The minimum Gasteiger partial charge on any atom is -0.508 e. The van der Waals surface area contributed by atoms with Crippen molar-refractivity contribution in [2.75, 3.05) is 0 Å². The largest absolute Gasteiger partial charge is 0.508 e. The number of rotatable bonds is 2. The maximum Gasteiger partial charge on any atom is 0.123 e. The van der Waals surface area contributed by atoms with Gasteiger partial charge in [-0.15, -0.1) is 0 Å². The number of hydrogen-bond acceptors (Lipinski definition) is 2. The lowest BCUT2D eigenvalue weighted by Gasteiger charge is -2.06. The zero-order chi connectivity index (χ0) is 14.8. The van der Waals surface area contributed by atoms with E-state index in [-0.39, 0.29) is 11.5 Å². The zero-order valence-corrected chi connectivity index (χ0v) is 11.3. The van der Waals surface area contributed by atoms with Crippen LogP contribution >= 0.6 is 0 Å². The first-order chi connectivity index (χ1) is 10.1. The number of aromatic hydroxyl groups is 2. The summed E-state index contributed by atoms with van der Waals surface area (Å²) in [5, 5.41) is 21.3. The Bertz CT molecular complexity index is 820. The van der Waals surface area contributed by atoms with Crippen LogP contribution in [0.15, 0.2) is 54.6 Å². The molecule has 0 atom stereocenters. The molecule has 0 bridgehead atoms. The van der Waals surface area contributed by atoms with E-state index in [0.29, 0.717) is 5.46 Å². The Labute approximate surface area is 124 Å². The highest BCUT2D eigenvalue weighted by Gasteiger charge is 2.04. The maximum atomic E-state index is 10.1. The number of benzene rings is 3. The van der Waals surface area contributed by atoms with Gasteiger partial charge < -0.3 is 10.2 Å². The Hall–Kier alpha value is -2.68. The van der Waals surface area contributed by atoms with Crippen LogP contribution < -0.4 is 5.46 Å². The molecule has 100 valence electrons. The Morgan fingerprint density at radius 3 is 2.33 bits per heavy atom. The molecule has 0 aliphatic carbocycles. The lowest BCUT2D eigenvalue weighted by atomic mass is 9.92. The molecule has 2 N–H and O–H groups in total. The summed E-state index contributed by atoms with van der Waals surface area (Å²) in [6.07, 6.45) is 3.75. The summed E-state index contributed by atoms with van der Waals surface area (Å²) >= 11 is 0. The second-order valence-corrected chi connectivity index (χ2v) is 4.90. The third-order valence-corrected chi connectivity index (χ3v) is 3.40. The van der Waals surface area contributed by atoms with E-state index in [9.17, 15) is 10.2 Å². The summed E-state index contributed by atoms with van der Waals surface area (Å²) in [6, 6.07) is 16.0. The lowest BCUT2D eigenvalue weighted by molar-refractivity contribution is 0.474. The van der Waals surface area contributed by atoms with E-state index in [1.54, 1.807) is 18.2 Å². The number of phenolic OH excluding ortho intramolecular Hbond substituents is 2. The van der Waals surface area contributed by atoms with Crippen molar-refractivity contribution < 1.29 is 10.2 Å². The highest BCUT2D eigenvalue weighted by Crippen LogP contribution is 2.28. The molecule has 0 saturated heterocycles. The van der Waals surface area contributed by atoms with Gasteiger partial charge in [-0.05, 0) is 34.5 Å². The van der Waals surface area contributed by atoms with Crippen molar-refractivity contribution in [1.82, 2.24) is 0 Å². The summed E-state index contributed by atoms with van der Waals surface area (Å²) < 4.78 is 0. The Balaban J connectivity index is 2.07. The molecule has 3 rings (SSSR count). The van der Waals surface area contributed by atoms with E-state index in [4.69, 9.17) is 7.85 Å². The summed E-state index contributed by atoms with van der Waals surface area (Å²) in [5.41, 5.74) is 2.39. The van der Waals surface area contributed by atoms with Crippen LogP contribution in [0.2, 0.25) is 0 Å². The monoisotopic (exact) mass is 272 g/mol. The molecule has 21 heavy (non-hydrogen) atoms. The van der Waals surface area contributed by atoms with Crippen molar-refractivity contribution in [2.24, 2.45) is 0 Å². The third kappa shape index (κ3) is 2.77. The van der Waals surface area contributed by atoms with Crippen LogP contribution in [-0.4, -0.2) is 18.1 Å². The smallest absolute Gasteiger partial charge is 0.123 e. The van der Waals surface area contributed by atoms with Crippen molar-refractivity contribution in [2.45, 2.75) is 0 Å². The normalized spacial score (nSPS) is 11.2. The van der Waals surface area contributed by atoms with Crippen molar-refractivity contribution in [3.05, 3.63) is 65.7 Å². The van der Waals surface area contributed by atoms with Gasteiger partial charge in [0.05, 0.1) is 0 Å². The predicted molar refractivity (Wildman–Crippen MR) is 88.0 cm³/mol. The van der Waals surface area contributed by atoms with Gasteiger partial charge in [-0.1, -0.05) is 54.0 Å². The molecule has 0 amide bonds. The van der Waals surface area contributed by atoms with Crippen LogP contribution in [0.25, 0.3) is 22.9 Å². The first-order valence-electron chi connectivity index (χ1n) is 6.62. The number of hydrogen-bond donors (Lipinski definition) is 2. The molecule has 0 unspecified atom stereocenters. The zero-order valence-electron chi connectivity index (χ0n) is 11.3. The second-order valence-electron chi connectivity index (χ2n) is 4.90. The lowest BCUT2D eigenvalue weighted by Crippen LogP contribution is -1.99. The average molecular weight is 272 g/mol. The van der Waals surface area contributed by atoms with E-state index in [1.165, 1.54) is 0 Å². The van der Waals surface area contributed by atoms with Crippen LogP contribution in [-0.2, 0) is 0 Å². The summed E-state index contributed by atoms with van der Waals surface area (Å²) in [5.74, 6) is 0.456. The maximum absolute atomic E-state index is 10.1. The molecule has 3 aromatic carbocycles. The Kier molecular flexibility index (Phi) is 3.40. The van der Waals surface area contributed by atoms with Gasteiger partial charge in [0.15, 0.2) is 0 Å². The van der Waals surface area contributed by atoms with Gasteiger partial charge in [-0.25, -0.2) is 0 Å². The molecular weight excluding hydrogens is 259 g/mol. The minimum absolute atomic E-state index is 0.224. The molecular formula is C18H13BO2. The van der Waals surface area contributed by atoms with Crippen LogP contribution in [0.1, 0.15) is 11.1 Å². The topological polar surface area (TPSA) is 40.5 Å². The minimum atomic E-state index is 0.224. The molecule has 0 saturated carbocycles. The molecule has 0 spiro atoms. The second kappa shape index (κ2) is 5.37. The van der Waals surface area contributed by atoms with Crippen LogP contribution in [0.5, 0.6) is 11.5 Å². The van der Waals surface area contributed by atoms with Gasteiger partial charge >= 0.3 is 0 Å². The van der Waals surface area contributed by atoms with Crippen LogP contribution in [0.3, 0.4) is 0 Å². The molecule has 0 aliphatic heterocycles. The Morgan fingerprint density at radius 2 is 1.57 bits per heavy atom. The van der Waals surface area contributed by atoms with Gasteiger partial charge in [0.2, 0.25) is 0 Å². The first-order valence-corrected chi connectivity index (χ1v) is 6.62. The van der Waals surface area contributed by atoms with Crippen LogP contribution in [0, 0.1) is 0 Å².